The number of nitrogens with zero attached hydrogens (tertiary/aromatic N) is 2. The smallest absolute Gasteiger partial charge is 0.0501 e. The van der Waals surface area contributed by atoms with E-state index < -0.39 is 0 Å². The highest BCUT2D eigenvalue weighted by Crippen LogP contribution is 2.40. The van der Waals surface area contributed by atoms with Crippen molar-refractivity contribution >= 4 is 17.3 Å². The predicted molar refractivity (Wildman–Crippen MR) is 101 cm³/mol. The molecule has 1 saturated heterocycles. The quantitative estimate of drug-likeness (QED) is 0.889. The maximum Gasteiger partial charge on any atom is 0.0501 e. The molecule has 4 heteroatoms. The third kappa shape index (κ3) is 3.13. The molecular weight excluding hydrogens is 318 g/mol. The first-order chi connectivity index (χ1) is 11.6. The Bertz CT molecular complexity index is 659. The second-order valence-electron chi connectivity index (χ2n) is 7.33. The number of piperidine rings is 1. The van der Waals surface area contributed by atoms with Gasteiger partial charge < -0.3 is 10.2 Å². The molecule has 3 aliphatic rings. The number of allylic oxidation sites excluding steroid dienone is 1. The Morgan fingerprint density at radius 1 is 1.12 bits per heavy atom. The molecule has 1 aromatic rings. The van der Waals surface area contributed by atoms with Crippen LogP contribution in [-0.2, 0) is 6.54 Å². The molecule has 4 rings (SSSR count). The molecule has 0 radical (unpaired) electrons. The fourth-order valence-electron chi connectivity index (χ4n) is 4.04. The summed E-state index contributed by atoms with van der Waals surface area (Å²) in [7, 11) is 0. The summed E-state index contributed by atoms with van der Waals surface area (Å²) in [5.41, 5.74) is 4.86. The molecule has 0 aromatic heterocycles. The molecule has 0 bridgehead atoms. The van der Waals surface area contributed by atoms with E-state index in [9.17, 15) is 0 Å². The van der Waals surface area contributed by atoms with E-state index in [2.05, 4.69) is 40.4 Å². The minimum absolute atomic E-state index is 0.527. The number of fused-ring (bicyclic) bond motifs is 1. The average molecular weight is 344 g/mol. The van der Waals surface area contributed by atoms with Gasteiger partial charge in [-0.25, -0.2) is 0 Å². The van der Waals surface area contributed by atoms with Crippen molar-refractivity contribution in [3.05, 3.63) is 53.3 Å². The van der Waals surface area contributed by atoms with Gasteiger partial charge in [0, 0.05) is 41.5 Å². The van der Waals surface area contributed by atoms with Gasteiger partial charge in [0.15, 0.2) is 0 Å². The number of nitrogens with one attached hydrogen (secondary N) is 1. The minimum atomic E-state index is 0.527. The largest absolute Gasteiger partial charge is 0.317 e. The first kappa shape index (κ1) is 16.2. The lowest BCUT2D eigenvalue weighted by Gasteiger charge is -2.35. The Kier molecular flexibility index (Phi) is 4.42. The van der Waals surface area contributed by atoms with Gasteiger partial charge in [-0.1, -0.05) is 24.8 Å². The van der Waals surface area contributed by atoms with Crippen molar-refractivity contribution in [1.82, 2.24) is 10.2 Å². The predicted octanol–water partition coefficient (Wildman–Crippen LogP) is 4.15. The van der Waals surface area contributed by atoms with Gasteiger partial charge in [-0.05, 0) is 62.5 Å². The number of rotatable bonds is 3. The molecule has 1 aromatic carbocycles. The van der Waals surface area contributed by atoms with Crippen molar-refractivity contribution in [3.63, 3.8) is 0 Å². The van der Waals surface area contributed by atoms with Crippen molar-refractivity contribution in [2.45, 2.75) is 38.3 Å². The van der Waals surface area contributed by atoms with Crippen LogP contribution in [0, 0.1) is 5.92 Å². The molecule has 0 spiro atoms. The molecule has 1 N–H and O–H groups in total. The first-order valence-corrected chi connectivity index (χ1v) is 9.41. The molecule has 3 nitrogen and oxygen atoms in total. The molecule has 0 unspecified atom stereocenters. The molecule has 2 heterocycles. The Morgan fingerprint density at radius 3 is 2.58 bits per heavy atom. The van der Waals surface area contributed by atoms with Crippen LogP contribution < -0.4 is 10.2 Å². The van der Waals surface area contributed by atoms with Gasteiger partial charge >= 0.3 is 0 Å². The Labute approximate surface area is 150 Å². The highest BCUT2D eigenvalue weighted by molar-refractivity contribution is 6.30. The molecular formula is C20H26ClN3. The van der Waals surface area contributed by atoms with Crippen molar-refractivity contribution in [3.8, 4) is 0 Å². The van der Waals surface area contributed by atoms with Crippen LogP contribution >= 0.6 is 11.6 Å². The summed E-state index contributed by atoms with van der Waals surface area (Å²) < 4.78 is 0. The van der Waals surface area contributed by atoms with E-state index in [1.54, 1.807) is 0 Å². The summed E-state index contributed by atoms with van der Waals surface area (Å²) in [5, 5.41) is 4.25. The van der Waals surface area contributed by atoms with Gasteiger partial charge in [0.2, 0.25) is 0 Å². The SMILES string of the molecule is C=C1CN(C2CC2)Cc2cc(Cl)ccc2N1C(=C)C1CCNCC1. The van der Waals surface area contributed by atoms with Crippen molar-refractivity contribution in [2.75, 3.05) is 24.5 Å². The number of hydrogen-bond donors (Lipinski definition) is 1. The molecule has 0 amide bonds. The zero-order valence-electron chi connectivity index (χ0n) is 14.2. The Hall–Kier alpha value is -1.29. The van der Waals surface area contributed by atoms with Gasteiger partial charge in [0.05, 0.1) is 5.69 Å². The second kappa shape index (κ2) is 6.55. The summed E-state index contributed by atoms with van der Waals surface area (Å²) in [6.45, 7) is 12.9. The number of halogens is 1. The third-order valence-electron chi connectivity index (χ3n) is 5.52. The van der Waals surface area contributed by atoms with E-state index in [0.717, 1.165) is 49.7 Å². The molecule has 2 fully saturated rings. The standard InChI is InChI=1S/C20H26ClN3/c1-14-12-23(19-4-5-19)13-17-11-18(21)3-6-20(17)24(14)15(2)16-7-9-22-10-8-16/h3,6,11,16,19,22H,1-2,4-5,7-10,12-13H2. The second-order valence-corrected chi connectivity index (χ2v) is 7.76. The zero-order valence-corrected chi connectivity index (χ0v) is 15.0. The summed E-state index contributed by atoms with van der Waals surface area (Å²) in [4.78, 5) is 4.87. The molecule has 24 heavy (non-hydrogen) atoms. The van der Waals surface area contributed by atoms with E-state index >= 15 is 0 Å². The lowest BCUT2D eigenvalue weighted by atomic mass is 9.93. The van der Waals surface area contributed by atoms with Crippen LogP contribution in [0.2, 0.25) is 5.02 Å². The van der Waals surface area contributed by atoms with Gasteiger partial charge in [0.1, 0.15) is 0 Å². The van der Waals surface area contributed by atoms with Gasteiger partial charge in [0.25, 0.3) is 0 Å². The van der Waals surface area contributed by atoms with Crippen LogP contribution in [0.1, 0.15) is 31.2 Å². The third-order valence-corrected chi connectivity index (χ3v) is 5.75. The van der Waals surface area contributed by atoms with E-state index in [1.807, 2.05) is 6.07 Å². The fraction of sp³-hybridized carbons (Fsp3) is 0.500. The minimum Gasteiger partial charge on any atom is -0.317 e. The van der Waals surface area contributed by atoms with Crippen LogP contribution in [0.4, 0.5) is 5.69 Å². The van der Waals surface area contributed by atoms with Crippen LogP contribution in [0.3, 0.4) is 0 Å². The van der Waals surface area contributed by atoms with Crippen molar-refractivity contribution in [1.29, 1.82) is 0 Å². The number of hydrogen-bond acceptors (Lipinski definition) is 3. The fourth-order valence-corrected chi connectivity index (χ4v) is 4.24. The Morgan fingerprint density at radius 2 is 1.88 bits per heavy atom. The zero-order chi connectivity index (χ0) is 16.7. The summed E-state index contributed by atoms with van der Waals surface area (Å²) in [5.74, 6) is 0.527. The average Bonchev–Trinajstić information content (AvgIpc) is 3.42. The molecule has 1 saturated carbocycles. The van der Waals surface area contributed by atoms with Crippen LogP contribution in [0.5, 0.6) is 0 Å². The monoisotopic (exact) mass is 343 g/mol. The van der Waals surface area contributed by atoms with Gasteiger partial charge in [-0.3, -0.25) is 4.90 Å². The van der Waals surface area contributed by atoms with E-state index in [4.69, 9.17) is 11.6 Å². The number of benzene rings is 1. The lowest BCUT2D eigenvalue weighted by molar-refractivity contribution is 0.280. The number of anilines is 1. The van der Waals surface area contributed by atoms with Crippen molar-refractivity contribution in [2.24, 2.45) is 5.92 Å². The topological polar surface area (TPSA) is 18.5 Å². The molecule has 128 valence electrons. The van der Waals surface area contributed by atoms with E-state index in [-0.39, 0.29) is 0 Å². The highest BCUT2D eigenvalue weighted by Gasteiger charge is 2.34. The van der Waals surface area contributed by atoms with Gasteiger partial charge in [-0.15, -0.1) is 0 Å². The molecule has 1 aliphatic carbocycles. The normalized spacial score (nSPS) is 23.0. The van der Waals surface area contributed by atoms with Gasteiger partial charge in [-0.2, -0.15) is 0 Å². The van der Waals surface area contributed by atoms with Crippen LogP contribution in [0.15, 0.2) is 42.8 Å². The highest BCUT2D eigenvalue weighted by atomic mass is 35.5. The van der Waals surface area contributed by atoms with Crippen LogP contribution in [-0.4, -0.2) is 30.6 Å². The van der Waals surface area contributed by atoms with Crippen LogP contribution in [0.25, 0.3) is 0 Å². The molecule has 2 aliphatic heterocycles. The van der Waals surface area contributed by atoms with Crippen molar-refractivity contribution < 1.29 is 0 Å². The summed E-state index contributed by atoms with van der Waals surface area (Å²) in [6, 6.07) is 6.96. The first-order valence-electron chi connectivity index (χ1n) is 9.03. The lowest BCUT2D eigenvalue weighted by Crippen LogP contribution is -2.35. The molecule has 0 atom stereocenters. The maximum absolute atomic E-state index is 6.30. The Balaban J connectivity index is 1.69. The van der Waals surface area contributed by atoms with E-state index in [1.165, 1.54) is 29.8 Å². The van der Waals surface area contributed by atoms with E-state index in [0.29, 0.717) is 12.0 Å². The summed E-state index contributed by atoms with van der Waals surface area (Å²) >= 11 is 6.30. The summed E-state index contributed by atoms with van der Waals surface area (Å²) in [6.07, 6.45) is 4.91. The maximum atomic E-state index is 6.30.